The van der Waals surface area contributed by atoms with Crippen LogP contribution in [0.1, 0.15) is 22.9 Å². The molecule has 4 rings (SSSR count). The predicted molar refractivity (Wildman–Crippen MR) is 111 cm³/mol. The van der Waals surface area contributed by atoms with Gasteiger partial charge in [0.05, 0.1) is 19.0 Å². The molecule has 1 unspecified atom stereocenters. The molecule has 0 N–H and O–H groups in total. The van der Waals surface area contributed by atoms with Crippen molar-refractivity contribution in [2.45, 2.75) is 6.04 Å². The number of nitrogens with zero attached hydrogens (tertiary/aromatic N) is 4. The van der Waals surface area contributed by atoms with E-state index in [9.17, 15) is 4.79 Å². The molecule has 0 aliphatic heterocycles. The van der Waals surface area contributed by atoms with Crippen LogP contribution < -0.4 is 0 Å². The van der Waals surface area contributed by atoms with Crippen molar-refractivity contribution in [2.24, 2.45) is 4.99 Å². The molecule has 0 radical (unpaired) electrons. The third-order valence-electron chi connectivity index (χ3n) is 4.53. The van der Waals surface area contributed by atoms with Crippen molar-refractivity contribution < 1.29 is 9.53 Å². The number of fused-ring (bicyclic) bond motifs is 1. The fourth-order valence-corrected chi connectivity index (χ4v) is 3.13. The fraction of sp³-hybridized carbons (Fsp3) is 0.0870. The molecule has 6 heteroatoms. The van der Waals surface area contributed by atoms with Gasteiger partial charge >= 0.3 is 5.97 Å². The molecule has 6 nitrogen and oxygen atoms in total. The molecule has 0 saturated carbocycles. The minimum Gasteiger partial charge on any atom is -0.467 e. The maximum atomic E-state index is 12.7. The highest BCUT2D eigenvalue weighted by atomic mass is 16.5. The third-order valence-corrected chi connectivity index (χ3v) is 4.53. The van der Waals surface area contributed by atoms with Crippen molar-refractivity contribution in [2.75, 3.05) is 7.11 Å². The van der Waals surface area contributed by atoms with E-state index in [1.807, 2.05) is 60.7 Å². The number of carbonyl (C=O) groups is 1. The molecule has 2 aromatic carbocycles. The van der Waals surface area contributed by atoms with Crippen LogP contribution in [-0.4, -0.2) is 34.0 Å². The van der Waals surface area contributed by atoms with Crippen molar-refractivity contribution in [1.82, 2.24) is 15.2 Å². The van der Waals surface area contributed by atoms with Crippen LogP contribution in [0.25, 0.3) is 10.8 Å². The first kappa shape index (κ1) is 18.4. The summed E-state index contributed by atoms with van der Waals surface area (Å²) in [6, 6.07) is 20.3. The Balaban J connectivity index is 1.94. The SMILES string of the molecule is COC(=O)C(N=C(c1ccccc1)c1ccccc1)c1nncc2cnccc12. The van der Waals surface area contributed by atoms with Gasteiger partial charge in [0.15, 0.2) is 6.04 Å². The molecular weight excluding hydrogens is 364 g/mol. The first-order chi connectivity index (χ1) is 14.3. The molecule has 0 fully saturated rings. The van der Waals surface area contributed by atoms with Crippen LogP contribution in [0.15, 0.2) is 90.3 Å². The smallest absolute Gasteiger partial charge is 0.336 e. The average molecular weight is 382 g/mol. The lowest BCUT2D eigenvalue weighted by Gasteiger charge is -2.15. The van der Waals surface area contributed by atoms with Crippen molar-refractivity contribution in [3.63, 3.8) is 0 Å². The highest BCUT2D eigenvalue weighted by molar-refractivity contribution is 6.13. The first-order valence-corrected chi connectivity index (χ1v) is 9.09. The van der Waals surface area contributed by atoms with Gasteiger partial charge in [-0.05, 0) is 6.07 Å². The summed E-state index contributed by atoms with van der Waals surface area (Å²) in [6.45, 7) is 0. The molecule has 0 amide bonds. The lowest BCUT2D eigenvalue weighted by atomic mass is 10.0. The van der Waals surface area contributed by atoms with Crippen molar-refractivity contribution >= 4 is 22.5 Å². The zero-order valence-corrected chi connectivity index (χ0v) is 15.8. The molecular formula is C23H18N4O2. The van der Waals surface area contributed by atoms with Gasteiger partial charge in [0.1, 0.15) is 5.69 Å². The van der Waals surface area contributed by atoms with E-state index in [2.05, 4.69) is 15.2 Å². The number of benzene rings is 2. The molecule has 0 spiro atoms. The number of carbonyl (C=O) groups excluding carboxylic acids is 1. The van der Waals surface area contributed by atoms with Gasteiger partial charge in [-0.15, -0.1) is 0 Å². The Labute approximate surface area is 167 Å². The van der Waals surface area contributed by atoms with E-state index in [1.165, 1.54) is 7.11 Å². The Morgan fingerprint density at radius 2 is 1.59 bits per heavy atom. The topological polar surface area (TPSA) is 77.3 Å². The van der Waals surface area contributed by atoms with Gasteiger partial charge in [-0.1, -0.05) is 60.7 Å². The quantitative estimate of drug-likeness (QED) is 0.388. The number of pyridine rings is 1. The highest BCUT2D eigenvalue weighted by Crippen LogP contribution is 2.26. The summed E-state index contributed by atoms with van der Waals surface area (Å²) in [4.78, 5) is 21.7. The van der Waals surface area contributed by atoms with E-state index in [0.29, 0.717) is 11.4 Å². The Morgan fingerprint density at radius 1 is 0.931 bits per heavy atom. The summed E-state index contributed by atoms with van der Waals surface area (Å²) < 4.78 is 5.06. The van der Waals surface area contributed by atoms with Gasteiger partial charge in [-0.3, -0.25) is 9.98 Å². The number of rotatable bonds is 5. The molecule has 142 valence electrons. The van der Waals surface area contributed by atoms with Crippen molar-refractivity contribution in [3.05, 3.63) is 102 Å². The van der Waals surface area contributed by atoms with E-state index < -0.39 is 12.0 Å². The van der Waals surface area contributed by atoms with Gasteiger partial charge in [0.25, 0.3) is 0 Å². The van der Waals surface area contributed by atoms with Crippen molar-refractivity contribution in [3.8, 4) is 0 Å². The van der Waals surface area contributed by atoms with E-state index >= 15 is 0 Å². The summed E-state index contributed by atoms with van der Waals surface area (Å²) in [5, 5.41) is 9.81. The van der Waals surface area contributed by atoms with Gasteiger partial charge in [-0.25, -0.2) is 4.79 Å². The van der Waals surface area contributed by atoms with Crippen LogP contribution in [0.3, 0.4) is 0 Å². The van der Waals surface area contributed by atoms with E-state index in [4.69, 9.17) is 9.73 Å². The average Bonchev–Trinajstić information content (AvgIpc) is 2.80. The van der Waals surface area contributed by atoms with Crippen LogP contribution in [0, 0.1) is 0 Å². The fourth-order valence-electron chi connectivity index (χ4n) is 3.13. The molecule has 0 saturated heterocycles. The molecule has 0 aliphatic carbocycles. The molecule has 1 atom stereocenters. The Kier molecular flexibility index (Phi) is 5.33. The number of methoxy groups -OCH3 is 1. The van der Waals surface area contributed by atoms with E-state index in [1.54, 1.807) is 24.7 Å². The monoisotopic (exact) mass is 382 g/mol. The largest absolute Gasteiger partial charge is 0.467 e. The second-order valence-corrected chi connectivity index (χ2v) is 6.33. The minimum absolute atomic E-state index is 0.432. The second kappa shape index (κ2) is 8.39. The molecule has 29 heavy (non-hydrogen) atoms. The maximum absolute atomic E-state index is 12.7. The van der Waals surface area contributed by atoms with Crippen LogP contribution in [0.2, 0.25) is 0 Å². The summed E-state index contributed by atoms with van der Waals surface area (Å²) in [7, 11) is 1.34. The van der Waals surface area contributed by atoms with Gasteiger partial charge in [0, 0.05) is 34.3 Å². The molecule has 4 aromatic rings. The lowest BCUT2D eigenvalue weighted by Crippen LogP contribution is -2.18. The molecule has 0 bridgehead atoms. The molecule has 0 aliphatic rings. The Morgan fingerprint density at radius 3 is 2.21 bits per heavy atom. The number of hydrogen-bond acceptors (Lipinski definition) is 6. The normalized spacial score (nSPS) is 11.6. The summed E-state index contributed by atoms with van der Waals surface area (Å²) in [6.07, 6.45) is 4.95. The first-order valence-electron chi connectivity index (χ1n) is 9.09. The van der Waals surface area contributed by atoms with Crippen LogP contribution >= 0.6 is 0 Å². The molecule has 2 heterocycles. The number of aromatic nitrogens is 3. The summed E-state index contributed by atoms with van der Waals surface area (Å²) in [5.74, 6) is -0.507. The predicted octanol–water partition coefficient (Wildman–Crippen LogP) is 3.78. The van der Waals surface area contributed by atoms with Crippen LogP contribution in [-0.2, 0) is 9.53 Å². The van der Waals surface area contributed by atoms with Crippen LogP contribution in [0.5, 0.6) is 0 Å². The van der Waals surface area contributed by atoms with Gasteiger partial charge in [0.2, 0.25) is 0 Å². The Hall–Kier alpha value is -3.93. The highest BCUT2D eigenvalue weighted by Gasteiger charge is 2.26. The van der Waals surface area contributed by atoms with Gasteiger partial charge < -0.3 is 4.74 Å². The van der Waals surface area contributed by atoms with E-state index in [-0.39, 0.29) is 0 Å². The van der Waals surface area contributed by atoms with E-state index in [0.717, 1.165) is 21.9 Å². The summed E-state index contributed by atoms with van der Waals surface area (Å²) >= 11 is 0. The summed E-state index contributed by atoms with van der Waals surface area (Å²) in [5.41, 5.74) is 2.89. The Bertz CT molecular complexity index is 1110. The second-order valence-electron chi connectivity index (χ2n) is 6.33. The third kappa shape index (κ3) is 3.87. The number of esters is 1. The number of aliphatic imine (C=N–C) groups is 1. The lowest BCUT2D eigenvalue weighted by molar-refractivity contribution is -0.142. The maximum Gasteiger partial charge on any atom is 0.336 e. The van der Waals surface area contributed by atoms with Crippen molar-refractivity contribution in [1.29, 1.82) is 0 Å². The zero-order chi connectivity index (χ0) is 20.1. The van der Waals surface area contributed by atoms with Gasteiger partial charge in [-0.2, -0.15) is 10.2 Å². The minimum atomic E-state index is -0.964. The number of ether oxygens (including phenoxy) is 1. The molecule has 2 aromatic heterocycles. The number of hydrogen-bond donors (Lipinski definition) is 0. The van der Waals surface area contributed by atoms with Crippen LogP contribution in [0.4, 0.5) is 0 Å². The zero-order valence-electron chi connectivity index (χ0n) is 15.8. The standard InChI is InChI=1S/C23H18N4O2/c1-29-23(28)22(21-19-12-13-24-14-18(19)15-25-27-21)26-20(16-8-4-2-5-9-16)17-10-6-3-7-11-17/h2-15,22H,1H3.